The highest BCUT2D eigenvalue weighted by Crippen LogP contribution is 2.15. The molecule has 17 heavy (non-hydrogen) atoms. The lowest BCUT2D eigenvalue weighted by Crippen LogP contribution is -2.24. The second-order valence-corrected chi connectivity index (χ2v) is 4.60. The molecule has 0 aliphatic carbocycles. The Hall–Kier alpha value is -1.84. The molecule has 0 radical (unpaired) electrons. The maximum absolute atomic E-state index is 11.0. The number of ether oxygens (including phenoxy) is 1. The Balaban J connectivity index is 2.66. The first kappa shape index (κ1) is 13.2. The second-order valence-electron chi connectivity index (χ2n) is 4.60. The smallest absolute Gasteiger partial charge is 0.243 e. The molecular weight excluding hydrogens is 216 g/mol. The molecule has 0 fully saturated rings. The summed E-state index contributed by atoms with van der Waals surface area (Å²) in [5, 5.41) is 2.66. The van der Waals surface area contributed by atoms with E-state index < -0.39 is 0 Å². The van der Waals surface area contributed by atoms with Crippen LogP contribution >= 0.6 is 0 Å². The van der Waals surface area contributed by atoms with Gasteiger partial charge in [-0.25, -0.2) is 4.98 Å². The lowest BCUT2D eigenvalue weighted by atomic mass is 10.2. The molecule has 0 unspecified atom stereocenters. The number of hydrogen-bond donors (Lipinski definition) is 1. The van der Waals surface area contributed by atoms with Crippen molar-refractivity contribution in [3.63, 3.8) is 0 Å². The second kappa shape index (κ2) is 5.48. The number of carbonyl (C=O) groups is 1. The number of rotatable bonds is 4. The normalized spacial score (nSPS) is 10.8. The molecule has 1 aromatic heterocycles. The van der Waals surface area contributed by atoms with E-state index in [0.717, 1.165) is 5.69 Å². The van der Waals surface area contributed by atoms with E-state index in [4.69, 9.17) is 4.74 Å². The Morgan fingerprint density at radius 2 is 2.24 bits per heavy atom. The number of aromatic nitrogens is 1. The summed E-state index contributed by atoms with van der Waals surface area (Å²) in [5.74, 6) is 0.344. The van der Waals surface area contributed by atoms with Gasteiger partial charge in [0.1, 0.15) is 5.60 Å². The van der Waals surface area contributed by atoms with Gasteiger partial charge >= 0.3 is 0 Å². The van der Waals surface area contributed by atoms with Crippen molar-refractivity contribution < 1.29 is 9.53 Å². The fourth-order valence-corrected chi connectivity index (χ4v) is 1.18. The van der Waals surface area contributed by atoms with Gasteiger partial charge in [0.05, 0.1) is 12.2 Å². The lowest BCUT2D eigenvalue weighted by molar-refractivity contribution is -0.116. The van der Waals surface area contributed by atoms with Crippen LogP contribution in [0.5, 0.6) is 5.88 Å². The number of pyridine rings is 1. The Bertz CT molecular complexity index is 408. The van der Waals surface area contributed by atoms with E-state index in [1.165, 1.54) is 6.08 Å². The number of carbonyl (C=O) groups excluding carboxylic acids is 1. The average molecular weight is 234 g/mol. The van der Waals surface area contributed by atoms with Crippen LogP contribution in [0.2, 0.25) is 0 Å². The molecule has 0 atom stereocenters. The first-order valence-corrected chi connectivity index (χ1v) is 5.46. The molecule has 92 valence electrons. The van der Waals surface area contributed by atoms with Gasteiger partial charge in [0.2, 0.25) is 11.8 Å². The van der Waals surface area contributed by atoms with Crippen molar-refractivity contribution in [2.75, 3.05) is 0 Å². The summed E-state index contributed by atoms with van der Waals surface area (Å²) in [6, 6.07) is 5.48. The minimum absolute atomic E-state index is 0.214. The summed E-state index contributed by atoms with van der Waals surface area (Å²) in [5.41, 5.74) is 0.470. The molecule has 0 aromatic carbocycles. The number of hydrogen-bond acceptors (Lipinski definition) is 3. The molecule has 0 saturated heterocycles. The highest BCUT2D eigenvalue weighted by atomic mass is 16.5. The molecular formula is C13H18N2O2. The SMILES string of the molecule is C=CC(=O)NCc1cccc(OC(C)(C)C)n1. The van der Waals surface area contributed by atoms with Gasteiger partial charge < -0.3 is 10.1 Å². The zero-order valence-electron chi connectivity index (χ0n) is 10.5. The molecule has 4 heteroatoms. The van der Waals surface area contributed by atoms with Crippen LogP contribution in [0.1, 0.15) is 26.5 Å². The molecule has 0 bridgehead atoms. The third-order valence-corrected chi connectivity index (χ3v) is 1.82. The van der Waals surface area contributed by atoms with Crippen molar-refractivity contribution in [2.45, 2.75) is 32.9 Å². The van der Waals surface area contributed by atoms with E-state index in [1.54, 1.807) is 6.07 Å². The van der Waals surface area contributed by atoms with E-state index in [9.17, 15) is 4.79 Å². The van der Waals surface area contributed by atoms with Gasteiger partial charge in [-0.15, -0.1) is 0 Å². The van der Waals surface area contributed by atoms with Gasteiger partial charge in [-0.2, -0.15) is 0 Å². The van der Waals surface area contributed by atoms with Crippen LogP contribution in [0.4, 0.5) is 0 Å². The molecule has 1 amide bonds. The first-order chi connectivity index (χ1) is 7.90. The third kappa shape index (κ3) is 5.15. The summed E-state index contributed by atoms with van der Waals surface area (Å²) < 4.78 is 5.63. The van der Waals surface area contributed by atoms with Crippen LogP contribution < -0.4 is 10.1 Å². The predicted octanol–water partition coefficient (Wildman–Crippen LogP) is 2.06. The Kier molecular flexibility index (Phi) is 4.26. The molecule has 0 aliphatic heterocycles. The van der Waals surface area contributed by atoms with Crippen molar-refractivity contribution in [2.24, 2.45) is 0 Å². The van der Waals surface area contributed by atoms with Gasteiger partial charge in [0, 0.05) is 6.07 Å². The van der Waals surface area contributed by atoms with E-state index in [1.807, 2.05) is 32.9 Å². The Labute approximate surface area is 102 Å². The van der Waals surface area contributed by atoms with Crippen LogP contribution in [-0.4, -0.2) is 16.5 Å². The number of nitrogens with one attached hydrogen (secondary N) is 1. The molecule has 0 saturated carbocycles. The van der Waals surface area contributed by atoms with Crippen molar-refractivity contribution in [1.82, 2.24) is 10.3 Å². The topological polar surface area (TPSA) is 51.2 Å². The highest BCUT2D eigenvalue weighted by molar-refractivity contribution is 5.86. The van der Waals surface area contributed by atoms with Crippen LogP contribution in [0, 0.1) is 0 Å². The van der Waals surface area contributed by atoms with Crippen molar-refractivity contribution in [3.8, 4) is 5.88 Å². The van der Waals surface area contributed by atoms with Crippen molar-refractivity contribution in [1.29, 1.82) is 0 Å². The molecule has 1 N–H and O–H groups in total. The van der Waals surface area contributed by atoms with E-state index in [2.05, 4.69) is 16.9 Å². The van der Waals surface area contributed by atoms with Gasteiger partial charge in [0.15, 0.2) is 0 Å². The predicted molar refractivity (Wildman–Crippen MR) is 66.7 cm³/mol. The van der Waals surface area contributed by atoms with E-state index in [-0.39, 0.29) is 11.5 Å². The van der Waals surface area contributed by atoms with Gasteiger partial charge in [0.25, 0.3) is 0 Å². The quantitative estimate of drug-likeness (QED) is 0.811. The summed E-state index contributed by atoms with van der Waals surface area (Å²) >= 11 is 0. The lowest BCUT2D eigenvalue weighted by Gasteiger charge is -2.20. The van der Waals surface area contributed by atoms with Gasteiger partial charge in [-0.05, 0) is 32.9 Å². The average Bonchev–Trinajstić information content (AvgIpc) is 2.24. The summed E-state index contributed by atoms with van der Waals surface area (Å²) in [4.78, 5) is 15.3. The number of nitrogens with zero attached hydrogens (tertiary/aromatic N) is 1. The molecule has 1 heterocycles. The summed E-state index contributed by atoms with van der Waals surface area (Å²) in [6.45, 7) is 9.63. The van der Waals surface area contributed by atoms with Crippen molar-refractivity contribution in [3.05, 3.63) is 36.5 Å². The van der Waals surface area contributed by atoms with E-state index >= 15 is 0 Å². The first-order valence-electron chi connectivity index (χ1n) is 5.46. The van der Waals surface area contributed by atoms with E-state index in [0.29, 0.717) is 12.4 Å². The molecule has 0 spiro atoms. The Morgan fingerprint density at radius 3 is 2.82 bits per heavy atom. The maximum atomic E-state index is 11.0. The monoisotopic (exact) mass is 234 g/mol. The molecule has 4 nitrogen and oxygen atoms in total. The fraction of sp³-hybridized carbons (Fsp3) is 0.385. The zero-order valence-corrected chi connectivity index (χ0v) is 10.5. The van der Waals surface area contributed by atoms with Gasteiger partial charge in [-0.1, -0.05) is 12.6 Å². The third-order valence-electron chi connectivity index (χ3n) is 1.82. The molecule has 0 aliphatic rings. The number of amides is 1. The minimum atomic E-state index is -0.282. The van der Waals surface area contributed by atoms with Gasteiger partial charge in [-0.3, -0.25) is 4.79 Å². The van der Waals surface area contributed by atoms with Crippen LogP contribution in [0.25, 0.3) is 0 Å². The summed E-state index contributed by atoms with van der Waals surface area (Å²) in [7, 11) is 0. The highest BCUT2D eigenvalue weighted by Gasteiger charge is 2.12. The maximum Gasteiger partial charge on any atom is 0.243 e. The Morgan fingerprint density at radius 1 is 1.53 bits per heavy atom. The fourth-order valence-electron chi connectivity index (χ4n) is 1.18. The largest absolute Gasteiger partial charge is 0.472 e. The van der Waals surface area contributed by atoms with Crippen molar-refractivity contribution >= 4 is 5.91 Å². The van der Waals surface area contributed by atoms with Crippen LogP contribution in [0.3, 0.4) is 0 Å². The molecule has 1 aromatic rings. The van der Waals surface area contributed by atoms with Crippen LogP contribution in [0.15, 0.2) is 30.9 Å². The van der Waals surface area contributed by atoms with Crippen LogP contribution in [-0.2, 0) is 11.3 Å². The zero-order chi connectivity index (χ0) is 12.9. The molecule has 1 rings (SSSR count). The standard InChI is InChI=1S/C13H18N2O2/c1-5-11(16)14-9-10-7-6-8-12(15-10)17-13(2,3)4/h5-8H,1,9H2,2-4H3,(H,14,16). The summed E-state index contributed by atoms with van der Waals surface area (Å²) in [6.07, 6.45) is 1.23. The minimum Gasteiger partial charge on any atom is -0.472 e.